The number of benzene rings is 1. The van der Waals surface area contributed by atoms with E-state index in [1.54, 1.807) is 22.7 Å². The number of hydrogen-bond donors (Lipinski definition) is 0. The smallest absolute Gasteiger partial charge is 0.263 e. The monoisotopic (exact) mass is 399 g/mol. The molecule has 0 spiro atoms. The first kappa shape index (κ1) is 18.0. The quantitative estimate of drug-likeness (QED) is 0.651. The van der Waals surface area contributed by atoms with Crippen LogP contribution >= 0.6 is 22.7 Å². The van der Waals surface area contributed by atoms with Crippen LogP contribution in [0.25, 0.3) is 11.3 Å². The zero-order valence-electron chi connectivity index (χ0n) is 15.1. The number of nitrogens with zero attached hydrogens (tertiary/aromatic N) is 3. The summed E-state index contributed by atoms with van der Waals surface area (Å²) in [5.41, 5.74) is 2.20. The van der Waals surface area contributed by atoms with Crippen molar-refractivity contribution in [3.05, 3.63) is 52.5 Å². The minimum absolute atomic E-state index is 0.0385. The first-order valence-electron chi connectivity index (χ1n) is 8.94. The van der Waals surface area contributed by atoms with E-state index in [9.17, 15) is 4.79 Å². The molecule has 140 valence electrons. The van der Waals surface area contributed by atoms with Gasteiger partial charge in [-0.15, -0.1) is 11.3 Å². The van der Waals surface area contributed by atoms with E-state index in [0.29, 0.717) is 13.1 Å². The number of thiazole rings is 1. The Kier molecular flexibility index (Phi) is 5.40. The van der Waals surface area contributed by atoms with E-state index in [0.717, 1.165) is 29.7 Å². The topological polar surface area (TPSA) is 45.7 Å². The van der Waals surface area contributed by atoms with Gasteiger partial charge in [-0.3, -0.25) is 4.79 Å². The van der Waals surface area contributed by atoms with E-state index in [1.807, 2.05) is 42.2 Å². The maximum atomic E-state index is 12.7. The molecule has 27 heavy (non-hydrogen) atoms. The Bertz CT molecular complexity index is 872. The van der Waals surface area contributed by atoms with Gasteiger partial charge < -0.3 is 14.5 Å². The van der Waals surface area contributed by atoms with Crippen LogP contribution in [0.1, 0.15) is 6.92 Å². The van der Waals surface area contributed by atoms with E-state index in [4.69, 9.17) is 9.72 Å². The number of rotatable bonds is 5. The normalized spacial score (nSPS) is 15.6. The van der Waals surface area contributed by atoms with E-state index < -0.39 is 6.10 Å². The van der Waals surface area contributed by atoms with Crippen LogP contribution in [0.4, 0.5) is 5.13 Å². The van der Waals surface area contributed by atoms with Crippen molar-refractivity contribution >= 4 is 33.7 Å². The third-order valence-electron chi connectivity index (χ3n) is 4.57. The maximum Gasteiger partial charge on any atom is 0.263 e. The Balaban J connectivity index is 1.32. The Morgan fingerprint density at radius 1 is 1.11 bits per heavy atom. The highest BCUT2D eigenvalue weighted by Crippen LogP contribution is 2.29. The number of thiophene rings is 1. The Morgan fingerprint density at radius 2 is 1.89 bits per heavy atom. The number of ether oxygens (including phenoxy) is 1. The van der Waals surface area contributed by atoms with Gasteiger partial charge in [-0.25, -0.2) is 4.98 Å². The molecule has 7 heteroatoms. The molecule has 2 aromatic heterocycles. The number of piperazine rings is 1. The molecule has 1 aliphatic rings. The first-order chi connectivity index (χ1) is 13.2. The molecule has 0 saturated carbocycles. The van der Waals surface area contributed by atoms with Gasteiger partial charge in [0.25, 0.3) is 5.91 Å². The van der Waals surface area contributed by atoms with Gasteiger partial charge in [0.2, 0.25) is 0 Å². The number of carbonyl (C=O) groups excluding carboxylic acids is 1. The second kappa shape index (κ2) is 8.10. The first-order valence-corrected chi connectivity index (χ1v) is 10.8. The molecule has 0 unspecified atom stereocenters. The molecule has 3 heterocycles. The van der Waals surface area contributed by atoms with Gasteiger partial charge in [0, 0.05) is 42.5 Å². The molecule has 1 saturated heterocycles. The van der Waals surface area contributed by atoms with Crippen molar-refractivity contribution in [2.45, 2.75) is 13.0 Å². The highest BCUT2D eigenvalue weighted by molar-refractivity contribution is 7.14. The average Bonchev–Trinajstić information content (AvgIpc) is 3.40. The number of para-hydroxylation sites is 1. The van der Waals surface area contributed by atoms with Crippen molar-refractivity contribution in [3.63, 3.8) is 0 Å². The summed E-state index contributed by atoms with van der Waals surface area (Å²) in [6, 6.07) is 11.6. The number of anilines is 1. The lowest BCUT2D eigenvalue weighted by Crippen LogP contribution is -2.52. The number of carbonyl (C=O) groups is 1. The number of hydrogen-bond acceptors (Lipinski definition) is 6. The SMILES string of the molecule is C[C@@H](Oc1ccccc1)C(=O)N1CCN(c2nc(-c3ccsc3)cs2)CC1. The molecular formula is C20H21N3O2S2. The van der Waals surface area contributed by atoms with Gasteiger partial charge in [0.05, 0.1) is 5.69 Å². The predicted molar refractivity (Wildman–Crippen MR) is 111 cm³/mol. The average molecular weight is 400 g/mol. The molecule has 0 aliphatic carbocycles. The summed E-state index contributed by atoms with van der Waals surface area (Å²) in [5, 5.41) is 7.31. The zero-order valence-corrected chi connectivity index (χ0v) is 16.7. The molecule has 5 nitrogen and oxygen atoms in total. The Morgan fingerprint density at radius 3 is 2.59 bits per heavy atom. The summed E-state index contributed by atoms with van der Waals surface area (Å²) < 4.78 is 5.77. The Labute approximate surface area is 166 Å². The lowest BCUT2D eigenvalue weighted by molar-refractivity contribution is -0.138. The fourth-order valence-electron chi connectivity index (χ4n) is 3.08. The third kappa shape index (κ3) is 4.14. The van der Waals surface area contributed by atoms with Crippen LogP contribution in [0.15, 0.2) is 52.5 Å². The summed E-state index contributed by atoms with van der Waals surface area (Å²) in [6.07, 6.45) is -0.482. The molecular weight excluding hydrogens is 378 g/mol. The van der Waals surface area contributed by atoms with Crippen molar-refractivity contribution in [3.8, 4) is 17.0 Å². The fourth-order valence-corrected chi connectivity index (χ4v) is 4.62. The lowest BCUT2D eigenvalue weighted by atomic mass is 10.2. The van der Waals surface area contributed by atoms with Gasteiger partial charge in [0.15, 0.2) is 11.2 Å². The van der Waals surface area contributed by atoms with Gasteiger partial charge >= 0.3 is 0 Å². The van der Waals surface area contributed by atoms with Crippen LogP contribution in [0, 0.1) is 0 Å². The minimum atomic E-state index is -0.482. The van der Waals surface area contributed by atoms with Gasteiger partial charge in [-0.2, -0.15) is 11.3 Å². The molecule has 3 aromatic rings. The maximum absolute atomic E-state index is 12.7. The minimum Gasteiger partial charge on any atom is -0.481 e. The molecule has 1 aromatic carbocycles. The molecule has 1 fully saturated rings. The fraction of sp³-hybridized carbons (Fsp3) is 0.300. The van der Waals surface area contributed by atoms with Gasteiger partial charge in [0.1, 0.15) is 5.75 Å². The van der Waals surface area contributed by atoms with E-state index >= 15 is 0 Å². The third-order valence-corrected chi connectivity index (χ3v) is 6.16. The van der Waals surface area contributed by atoms with Gasteiger partial charge in [-0.05, 0) is 30.5 Å². The van der Waals surface area contributed by atoms with E-state index in [1.165, 1.54) is 5.56 Å². The highest BCUT2D eigenvalue weighted by Gasteiger charge is 2.27. The number of aromatic nitrogens is 1. The van der Waals surface area contributed by atoms with Crippen LogP contribution in [-0.2, 0) is 4.79 Å². The van der Waals surface area contributed by atoms with Gasteiger partial charge in [-0.1, -0.05) is 18.2 Å². The second-order valence-corrected chi connectivity index (χ2v) is 8.03. The molecule has 1 amide bonds. The highest BCUT2D eigenvalue weighted by atomic mass is 32.1. The van der Waals surface area contributed by atoms with Crippen LogP contribution < -0.4 is 9.64 Å². The van der Waals surface area contributed by atoms with Crippen molar-refractivity contribution < 1.29 is 9.53 Å². The summed E-state index contributed by atoms with van der Waals surface area (Å²) in [5.74, 6) is 0.761. The van der Waals surface area contributed by atoms with E-state index in [2.05, 4.69) is 27.1 Å². The largest absolute Gasteiger partial charge is 0.481 e. The lowest BCUT2D eigenvalue weighted by Gasteiger charge is -2.35. The summed E-state index contributed by atoms with van der Waals surface area (Å²) in [6.45, 7) is 4.78. The number of amides is 1. The van der Waals surface area contributed by atoms with Crippen molar-refractivity contribution in [2.24, 2.45) is 0 Å². The standard InChI is InChI=1S/C20H21N3O2S2/c1-15(25-17-5-3-2-4-6-17)19(24)22-8-10-23(11-9-22)20-21-18(14-27-20)16-7-12-26-13-16/h2-7,12-15H,8-11H2,1H3/t15-/m1/s1. The zero-order chi connectivity index (χ0) is 18.6. The van der Waals surface area contributed by atoms with Crippen molar-refractivity contribution in [1.29, 1.82) is 0 Å². The summed E-state index contributed by atoms with van der Waals surface area (Å²) >= 11 is 3.34. The van der Waals surface area contributed by atoms with Crippen molar-refractivity contribution in [2.75, 3.05) is 31.1 Å². The molecule has 0 N–H and O–H groups in total. The molecule has 4 rings (SSSR count). The molecule has 0 radical (unpaired) electrons. The van der Waals surface area contributed by atoms with Crippen LogP contribution in [0.5, 0.6) is 5.75 Å². The van der Waals surface area contributed by atoms with Crippen LogP contribution in [0.2, 0.25) is 0 Å². The summed E-state index contributed by atoms with van der Waals surface area (Å²) in [7, 11) is 0. The van der Waals surface area contributed by atoms with Crippen LogP contribution in [0.3, 0.4) is 0 Å². The predicted octanol–water partition coefficient (Wildman–Crippen LogP) is 3.99. The molecule has 1 atom stereocenters. The van der Waals surface area contributed by atoms with Crippen LogP contribution in [-0.4, -0.2) is 48.1 Å². The molecule has 1 aliphatic heterocycles. The summed E-state index contributed by atoms with van der Waals surface area (Å²) in [4.78, 5) is 21.6. The van der Waals surface area contributed by atoms with Crippen molar-refractivity contribution in [1.82, 2.24) is 9.88 Å². The Hall–Kier alpha value is -2.38. The molecule has 0 bridgehead atoms. The van der Waals surface area contributed by atoms with E-state index in [-0.39, 0.29) is 5.91 Å². The second-order valence-electron chi connectivity index (χ2n) is 6.41.